The van der Waals surface area contributed by atoms with Gasteiger partial charge in [-0.2, -0.15) is 0 Å². The predicted molar refractivity (Wildman–Crippen MR) is 77.9 cm³/mol. The van der Waals surface area contributed by atoms with E-state index >= 15 is 0 Å². The third kappa shape index (κ3) is 6.56. The molecule has 0 radical (unpaired) electrons. The summed E-state index contributed by atoms with van der Waals surface area (Å²) in [7, 11) is -0.741. The summed E-state index contributed by atoms with van der Waals surface area (Å²) in [5.74, 6) is -0.710. The Morgan fingerprint density at radius 2 is 1.95 bits per heavy atom. The molecule has 8 heteroatoms. The number of nitrogens with one attached hydrogen (secondary N) is 1. The Morgan fingerprint density at radius 1 is 1.19 bits per heavy atom. The number of ether oxygens (including phenoxy) is 3. The molecule has 0 aromatic heterocycles. The number of benzene rings is 1. The van der Waals surface area contributed by atoms with Gasteiger partial charge in [0.2, 0.25) is 10.0 Å². The molecule has 1 N–H and O–H groups in total. The SMILES string of the molecule is COCCOCCS(=O)(=O)Nc1cccc(C(=O)OC)c1. The number of hydrogen-bond acceptors (Lipinski definition) is 6. The first kappa shape index (κ1) is 17.4. The number of esters is 1. The van der Waals surface area contributed by atoms with Crippen molar-refractivity contribution in [3.05, 3.63) is 29.8 Å². The fourth-order valence-corrected chi connectivity index (χ4v) is 2.40. The summed E-state index contributed by atoms with van der Waals surface area (Å²) >= 11 is 0. The zero-order valence-corrected chi connectivity index (χ0v) is 12.8. The van der Waals surface area contributed by atoms with Crippen LogP contribution < -0.4 is 4.72 Å². The molecule has 1 rings (SSSR count). The van der Waals surface area contributed by atoms with Gasteiger partial charge >= 0.3 is 5.97 Å². The second-order valence-corrected chi connectivity index (χ2v) is 5.94. The second kappa shape index (κ2) is 8.60. The van der Waals surface area contributed by atoms with Gasteiger partial charge in [0.1, 0.15) is 0 Å². The summed E-state index contributed by atoms with van der Waals surface area (Å²) < 4.78 is 40.5. The summed E-state index contributed by atoms with van der Waals surface area (Å²) in [5, 5.41) is 0. The number of methoxy groups -OCH3 is 2. The Hall–Kier alpha value is -1.64. The standard InChI is InChI=1S/C13H19NO6S/c1-18-6-7-20-8-9-21(16,17)14-12-5-3-4-11(10-12)13(15)19-2/h3-5,10,14H,6-9H2,1-2H3. The Balaban J connectivity index is 2.56. The van der Waals surface area contributed by atoms with Crippen LogP contribution in [-0.4, -0.2) is 54.2 Å². The van der Waals surface area contributed by atoms with Gasteiger partial charge in [-0.3, -0.25) is 4.72 Å². The lowest BCUT2D eigenvalue weighted by molar-refractivity contribution is 0.0600. The fourth-order valence-electron chi connectivity index (χ4n) is 1.47. The number of sulfonamides is 1. The molecule has 0 fully saturated rings. The van der Waals surface area contributed by atoms with Crippen molar-refractivity contribution in [3.63, 3.8) is 0 Å². The molecule has 0 spiro atoms. The van der Waals surface area contributed by atoms with Crippen molar-refractivity contribution in [2.75, 3.05) is 44.5 Å². The average molecular weight is 317 g/mol. The lowest BCUT2D eigenvalue weighted by Crippen LogP contribution is -2.21. The van der Waals surface area contributed by atoms with Gasteiger partial charge in [0.25, 0.3) is 0 Å². The molecule has 0 aliphatic carbocycles. The third-order valence-corrected chi connectivity index (χ3v) is 3.74. The number of carbonyl (C=O) groups is 1. The molecule has 0 amide bonds. The highest BCUT2D eigenvalue weighted by molar-refractivity contribution is 7.92. The Bertz CT molecular complexity index is 558. The molecule has 118 valence electrons. The molecule has 7 nitrogen and oxygen atoms in total. The molecule has 0 atom stereocenters. The van der Waals surface area contributed by atoms with Gasteiger partial charge in [-0.05, 0) is 18.2 Å². The van der Waals surface area contributed by atoms with Crippen molar-refractivity contribution in [3.8, 4) is 0 Å². The van der Waals surface area contributed by atoms with Crippen molar-refractivity contribution in [2.24, 2.45) is 0 Å². The van der Waals surface area contributed by atoms with E-state index in [0.29, 0.717) is 18.9 Å². The molecule has 0 heterocycles. The maximum Gasteiger partial charge on any atom is 0.337 e. The minimum atomic E-state index is -3.54. The first-order valence-corrected chi connectivity index (χ1v) is 7.89. The Kier molecular flexibility index (Phi) is 7.13. The minimum Gasteiger partial charge on any atom is -0.465 e. The van der Waals surface area contributed by atoms with Gasteiger partial charge in [-0.25, -0.2) is 13.2 Å². The van der Waals surface area contributed by atoms with Gasteiger partial charge in [0.05, 0.1) is 38.2 Å². The number of rotatable bonds is 9. The first-order chi connectivity index (χ1) is 9.98. The summed E-state index contributed by atoms with van der Waals surface area (Å²) in [5.41, 5.74) is 0.573. The summed E-state index contributed by atoms with van der Waals surface area (Å²) in [6, 6.07) is 6.07. The summed E-state index contributed by atoms with van der Waals surface area (Å²) in [6.07, 6.45) is 0. The van der Waals surface area contributed by atoms with Crippen molar-refractivity contribution in [1.29, 1.82) is 0 Å². The summed E-state index contributed by atoms with van der Waals surface area (Å²) in [4.78, 5) is 11.4. The zero-order valence-electron chi connectivity index (χ0n) is 12.0. The highest BCUT2D eigenvalue weighted by atomic mass is 32.2. The van der Waals surface area contributed by atoms with E-state index < -0.39 is 16.0 Å². The smallest absolute Gasteiger partial charge is 0.337 e. The maximum absolute atomic E-state index is 11.8. The molecule has 0 saturated heterocycles. The van der Waals surface area contributed by atoms with Gasteiger partial charge in [0.15, 0.2) is 0 Å². The number of carbonyl (C=O) groups excluding carboxylic acids is 1. The largest absolute Gasteiger partial charge is 0.465 e. The summed E-state index contributed by atoms with van der Waals surface area (Å²) in [6.45, 7) is 0.813. The molecule has 21 heavy (non-hydrogen) atoms. The molecular formula is C13H19NO6S. The van der Waals surface area contributed by atoms with Crippen molar-refractivity contribution in [1.82, 2.24) is 0 Å². The van der Waals surface area contributed by atoms with Crippen LogP contribution in [0.1, 0.15) is 10.4 Å². The van der Waals surface area contributed by atoms with E-state index in [0.717, 1.165) is 0 Å². The van der Waals surface area contributed by atoms with Crippen LogP contribution >= 0.6 is 0 Å². The quantitative estimate of drug-likeness (QED) is 0.537. The van der Waals surface area contributed by atoms with Crippen LogP contribution in [0.2, 0.25) is 0 Å². The van der Waals surface area contributed by atoms with E-state index in [1.165, 1.54) is 26.4 Å². The third-order valence-electron chi connectivity index (χ3n) is 2.49. The van der Waals surface area contributed by atoms with Crippen molar-refractivity contribution < 1.29 is 27.4 Å². The minimum absolute atomic E-state index is 0.0649. The van der Waals surface area contributed by atoms with E-state index in [2.05, 4.69) is 9.46 Å². The van der Waals surface area contributed by atoms with Crippen LogP contribution in [0.3, 0.4) is 0 Å². The fraction of sp³-hybridized carbons (Fsp3) is 0.462. The molecular weight excluding hydrogens is 298 g/mol. The van der Waals surface area contributed by atoms with E-state index in [9.17, 15) is 13.2 Å². The molecule has 0 saturated carbocycles. The van der Waals surface area contributed by atoms with Crippen LogP contribution in [0.15, 0.2) is 24.3 Å². The molecule has 0 aliphatic heterocycles. The van der Waals surface area contributed by atoms with Crippen molar-refractivity contribution >= 4 is 21.7 Å². The normalized spacial score (nSPS) is 11.1. The maximum atomic E-state index is 11.8. The van der Waals surface area contributed by atoms with Gasteiger partial charge in [-0.15, -0.1) is 0 Å². The monoisotopic (exact) mass is 317 g/mol. The van der Waals surface area contributed by atoms with E-state index in [-0.39, 0.29) is 17.9 Å². The number of anilines is 1. The van der Waals surface area contributed by atoms with E-state index in [4.69, 9.17) is 9.47 Å². The Morgan fingerprint density at radius 3 is 2.62 bits per heavy atom. The molecule has 1 aromatic rings. The van der Waals surface area contributed by atoms with E-state index in [1.807, 2.05) is 0 Å². The van der Waals surface area contributed by atoms with Gasteiger partial charge in [0, 0.05) is 12.8 Å². The van der Waals surface area contributed by atoms with Gasteiger partial charge in [-0.1, -0.05) is 6.07 Å². The first-order valence-electron chi connectivity index (χ1n) is 6.24. The van der Waals surface area contributed by atoms with Crippen LogP contribution in [0.5, 0.6) is 0 Å². The van der Waals surface area contributed by atoms with Crippen LogP contribution in [0.4, 0.5) is 5.69 Å². The van der Waals surface area contributed by atoms with Crippen LogP contribution in [0.25, 0.3) is 0 Å². The molecule has 0 bridgehead atoms. The highest BCUT2D eigenvalue weighted by Crippen LogP contribution is 2.13. The lowest BCUT2D eigenvalue weighted by Gasteiger charge is -2.09. The Labute approximate surface area is 124 Å². The topological polar surface area (TPSA) is 90.9 Å². The second-order valence-electron chi connectivity index (χ2n) is 4.10. The number of hydrogen-bond donors (Lipinski definition) is 1. The molecule has 1 aromatic carbocycles. The van der Waals surface area contributed by atoms with Gasteiger partial charge < -0.3 is 14.2 Å². The lowest BCUT2D eigenvalue weighted by atomic mass is 10.2. The molecule has 0 unspecified atom stereocenters. The average Bonchev–Trinajstić information content (AvgIpc) is 2.46. The van der Waals surface area contributed by atoms with Crippen molar-refractivity contribution in [2.45, 2.75) is 0 Å². The van der Waals surface area contributed by atoms with E-state index in [1.54, 1.807) is 12.1 Å². The highest BCUT2D eigenvalue weighted by Gasteiger charge is 2.12. The predicted octanol–water partition coefficient (Wildman–Crippen LogP) is 0.878. The molecule has 0 aliphatic rings. The van der Waals surface area contributed by atoms with Crippen LogP contribution in [0, 0.1) is 0 Å². The van der Waals surface area contributed by atoms with Crippen LogP contribution in [-0.2, 0) is 24.2 Å². The zero-order chi connectivity index (χ0) is 15.7.